The highest BCUT2D eigenvalue weighted by molar-refractivity contribution is 9.10. The molecule has 19 heavy (non-hydrogen) atoms. The van der Waals surface area contributed by atoms with Crippen molar-refractivity contribution in [3.63, 3.8) is 0 Å². The third-order valence-electron chi connectivity index (χ3n) is 2.88. The second-order valence-electron chi connectivity index (χ2n) is 4.24. The topological polar surface area (TPSA) is 35.2 Å². The van der Waals surface area contributed by atoms with Crippen LogP contribution in [0.1, 0.15) is 25.0 Å². The largest absolute Gasteiger partial charge is 0.481 e. The molecule has 2 atom stereocenters. The van der Waals surface area contributed by atoms with E-state index in [1.54, 1.807) is 23.5 Å². The second-order valence-corrected chi connectivity index (χ2v) is 5.94. The van der Waals surface area contributed by atoms with E-state index in [1.165, 1.54) is 6.07 Å². The van der Waals surface area contributed by atoms with Crippen molar-refractivity contribution in [2.45, 2.75) is 25.5 Å². The van der Waals surface area contributed by atoms with Crippen LogP contribution in [0.3, 0.4) is 0 Å². The van der Waals surface area contributed by atoms with Crippen molar-refractivity contribution >= 4 is 27.3 Å². The Bertz CT molecular complexity index is 532. The SMILES string of the molecule is CCC(N)C(Oc1ccc(Br)cc1F)c1ccsc1. The van der Waals surface area contributed by atoms with Crippen molar-refractivity contribution in [2.24, 2.45) is 5.73 Å². The van der Waals surface area contributed by atoms with Gasteiger partial charge in [-0.05, 0) is 41.4 Å². The van der Waals surface area contributed by atoms with Crippen molar-refractivity contribution in [3.05, 3.63) is 50.9 Å². The van der Waals surface area contributed by atoms with Crippen molar-refractivity contribution in [1.82, 2.24) is 0 Å². The standard InChI is InChI=1S/C14H15BrFNOS/c1-2-12(17)14(9-5-6-19-8-9)18-13-4-3-10(15)7-11(13)16/h3-8,12,14H,2,17H2,1H3. The highest BCUT2D eigenvalue weighted by Gasteiger charge is 2.22. The summed E-state index contributed by atoms with van der Waals surface area (Å²) in [5, 5.41) is 3.95. The van der Waals surface area contributed by atoms with Crippen molar-refractivity contribution < 1.29 is 9.13 Å². The van der Waals surface area contributed by atoms with Gasteiger partial charge in [-0.2, -0.15) is 11.3 Å². The quantitative estimate of drug-likeness (QED) is 0.866. The van der Waals surface area contributed by atoms with Gasteiger partial charge in [0.05, 0.1) is 0 Å². The first kappa shape index (κ1) is 14.5. The Morgan fingerprint density at radius 2 is 2.21 bits per heavy atom. The molecule has 0 aliphatic carbocycles. The van der Waals surface area contributed by atoms with Gasteiger partial charge in [0.2, 0.25) is 0 Å². The summed E-state index contributed by atoms with van der Waals surface area (Å²) in [6, 6.07) is 6.54. The minimum Gasteiger partial charge on any atom is -0.481 e. The third-order valence-corrected chi connectivity index (χ3v) is 4.07. The summed E-state index contributed by atoms with van der Waals surface area (Å²) in [4.78, 5) is 0. The molecule has 0 aliphatic heterocycles. The van der Waals surface area contributed by atoms with E-state index in [4.69, 9.17) is 10.5 Å². The number of hydrogen-bond donors (Lipinski definition) is 1. The number of hydrogen-bond acceptors (Lipinski definition) is 3. The van der Waals surface area contributed by atoms with Crippen LogP contribution in [0.25, 0.3) is 0 Å². The van der Waals surface area contributed by atoms with Gasteiger partial charge in [0.1, 0.15) is 6.10 Å². The number of ether oxygens (including phenoxy) is 1. The fourth-order valence-corrected chi connectivity index (χ4v) is 2.78. The zero-order chi connectivity index (χ0) is 13.8. The van der Waals surface area contributed by atoms with Gasteiger partial charge in [0, 0.05) is 16.1 Å². The van der Waals surface area contributed by atoms with E-state index < -0.39 is 5.82 Å². The van der Waals surface area contributed by atoms with Gasteiger partial charge < -0.3 is 10.5 Å². The molecule has 2 aromatic rings. The van der Waals surface area contributed by atoms with Crippen molar-refractivity contribution in [2.75, 3.05) is 0 Å². The van der Waals surface area contributed by atoms with Crippen molar-refractivity contribution in [1.29, 1.82) is 0 Å². The van der Waals surface area contributed by atoms with Crippen LogP contribution in [-0.4, -0.2) is 6.04 Å². The molecule has 0 saturated carbocycles. The number of nitrogens with two attached hydrogens (primary N) is 1. The molecule has 2 unspecified atom stereocenters. The number of benzene rings is 1. The second kappa shape index (κ2) is 6.50. The number of halogens is 2. The Kier molecular flexibility index (Phi) is 4.96. The molecule has 0 saturated heterocycles. The van der Waals surface area contributed by atoms with Crippen LogP contribution in [0.15, 0.2) is 39.5 Å². The van der Waals surface area contributed by atoms with Crippen LogP contribution < -0.4 is 10.5 Å². The van der Waals surface area contributed by atoms with Gasteiger partial charge in [0.15, 0.2) is 11.6 Å². The molecule has 2 N–H and O–H groups in total. The van der Waals surface area contributed by atoms with E-state index in [9.17, 15) is 4.39 Å². The molecule has 0 amide bonds. The van der Waals surface area contributed by atoms with Crippen LogP contribution >= 0.6 is 27.3 Å². The monoisotopic (exact) mass is 343 g/mol. The molecule has 2 rings (SSSR count). The Balaban J connectivity index is 2.25. The molecule has 0 spiro atoms. The summed E-state index contributed by atoms with van der Waals surface area (Å²) < 4.78 is 20.3. The minimum absolute atomic E-state index is 0.169. The van der Waals surface area contributed by atoms with Gasteiger partial charge in [-0.25, -0.2) is 4.39 Å². The Morgan fingerprint density at radius 3 is 2.79 bits per heavy atom. The highest BCUT2D eigenvalue weighted by Crippen LogP contribution is 2.30. The fourth-order valence-electron chi connectivity index (χ4n) is 1.76. The first-order chi connectivity index (χ1) is 9.11. The van der Waals surface area contributed by atoms with Crippen LogP contribution in [-0.2, 0) is 0 Å². The predicted octanol–water partition coefficient (Wildman–Crippen LogP) is 4.51. The molecule has 0 radical (unpaired) electrons. The molecule has 0 aliphatic rings. The van der Waals surface area contributed by atoms with E-state index in [0.29, 0.717) is 4.47 Å². The van der Waals surface area contributed by atoms with Crippen molar-refractivity contribution in [3.8, 4) is 5.75 Å². The van der Waals surface area contributed by atoms with Crippen LogP contribution in [0, 0.1) is 5.82 Å². The smallest absolute Gasteiger partial charge is 0.166 e. The summed E-state index contributed by atoms with van der Waals surface area (Å²) in [7, 11) is 0. The third kappa shape index (κ3) is 3.55. The van der Waals surface area contributed by atoms with Gasteiger partial charge in [-0.1, -0.05) is 22.9 Å². The maximum atomic E-state index is 13.8. The average Bonchev–Trinajstić information content (AvgIpc) is 2.91. The van der Waals surface area contributed by atoms with Crippen LogP contribution in [0.5, 0.6) is 5.75 Å². The minimum atomic E-state index is -0.391. The molecular formula is C14H15BrFNOS. The van der Waals surface area contributed by atoms with Gasteiger partial charge in [-0.3, -0.25) is 0 Å². The number of rotatable bonds is 5. The van der Waals surface area contributed by atoms with E-state index in [-0.39, 0.29) is 17.9 Å². The lowest BCUT2D eigenvalue weighted by molar-refractivity contribution is 0.164. The van der Waals surface area contributed by atoms with Gasteiger partial charge >= 0.3 is 0 Å². The Labute approximate surface area is 124 Å². The summed E-state index contributed by atoms with van der Waals surface area (Å²) >= 11 is 4.80. The molecule has 1 heterocycles. The highest BCUT2D eigenvalue weighted by atomic mass is 79.9. The fraction of sp³-hybridized carbons (Fsp3) is 0.286. The molecular weight excluding hydrogens is 329 g/mol. The summed E-state index contributed by atoms with van der Waals surface area (Å²) in [6.45, 7) is 1.99. The first-order valence-electron chi connectivity index (χ1n) is 6.01. The maximum absolute atomic E-state index is 13.8. The molecule has 0 fully saturated rings. The summed E-state index contributed by atoms with van der Waals surface area (Å²) in [6.07, 6.45) is 0.436. The normalized spacial score (nSPS) is 14.1. The first-order valence-corrected chi connectivity index (χ1v) is 7.74. The van der Waals surface area contributed by atoms with Crippen LogP contribution in [0.2, 0.25) is 0 Å². The molecule has 1 aromatic carbocycles. The average molecular weight is 344 g/mol. The molecule has 0 bridgehead atoms. The lowest BCUT2D eigenvalue weighted by atomic mass is 10.0. The zero-order valence-electron chi connectivity index (χ0n) is 10.5. The Morgan fingerprint density at radius 1 is 1.42 bits per heavy atom. The predicted molar refractivity (Wildman–Crippen MR) is 80.1 cm³/mol. The summed E-state index contributed by atoms with van der Waals surface area (Å²) in [5.74, 6) is -0.166. The van der Waals surface area contributed by atoms with E-state index in [1.807, 2.05) is 23.8 Å². The lowest BCUT2D eigenvalue weighted by Crippen LogP contribution is -2.31. The van der Waals surface area contributed by atoms with E-state index in [0.717, 1.165) is 12.0 Å². The van der Waals surface area contributed by atoms with E-state index in [2.05, 4.69) is 15.9 Å². The molecule has 2 nitrogen and oxygen atoms in total. The Hall–Kier alpha value is -0.910. The van der Waals surface area contributed by atoms with Gasteiger partial charge in [-0.15, -0.1) is 0 Å². The van der Waals surface area contributed by atoms with E-state index >= 15 is 0 Å². The molecule has 102 valence electrons. The zero-order valence-corrected chi connectivity index (χ0v) is 12.9. The molecule has 5 heteroatoms. The lowest BCUT2D eigenvalue weighted by Gasteiger charge is -2.24. The van der Waals surface area contributed by atoms with Crippen LogP contribution in [0.4, 0.5) is 4.39 Å². The van der Waals surface area contributed by atoms with Gasteiger partial charge in [0.25, 0.3) is 0 Å². The molecule has 1 aromatic heterocycles. The summed E-state index contributed by atoms with van der Waals surface area (Å²) in [5.41, 5.74) is 7.07. The maximum Gasteiger partial charge on any atom is 0.166 e. The number of thiophene rings is 1.